The molecule has 0 aliphatic rings. The van der Waals surface area contributed by atoms with Gasteiger partial charge in [0.05, 0.1) is 0 Å². The molecule has 0 saturated carbocycles. The van der Waals surface area contributed by atoms with Crippen molar-refractivity contribution in [3.63, 3.8) is 0 Å². The van der Waals surface area contributed by atoms with Crippen LogP contribution in [0.25, 0.3) is 0 Å². The summed E-state index contributed by atoms with van der Waals surface area (Å²) in [6.45, 7) is 6.06. The van der Waals surface area contributed by atoms with Crippen LogP contribution in [0.5, 0.6) is 0 Å². The van der Waals surface area contributed by atoms with Gasteiger partial charge < -0.3 is 10.9 Å². The van der Waals surface area contributed by atoms with Gasteiger partial charge in [0.25, 0.3) is 10.2 Å². The Morgan fingerprint density at radius 2 is 2.00 bits per heavy atom. The van der Waals surface area contributed by atoms with Crippen molar-refractivity contribution < 1.29 is 13.6 Å². The summed E-state index contributed by atoms with van der Waals surface area (Å²) in [5, 5.41) is 11.3. The zero-order valence-electron chi connectivity index (χ0n) is 10.7. The minimum absolute atomic E-state index is 0.0101. The molecule has 0 rings (SSSR count). The van der Waals surface area contributed by atoms with E-state index < -0.39 is 10.2 Å². The maximum Gasteiger partial charge on any atom is 0.279 e. The van der Waals surface area contributed by atoms with E-state index in [1.54, 1.807) is 6.92 Å². The average molecular weight is 266 g/mol. The summed E-state index contributed by atoms with van der Waals surface area (Å²) in [5.74, 6) is -0.101. The van der Waals surface area contributed by atoms with Crippen LogP contribution in [0.4, 0.5) is 0 Å². The molecule has 7 nitrogen and oxygen atoms in total. The summed E-state index contributed by atoms with van der Waals surface area (Å²) in [4.78, 5) is 0. The molecule has 0 fully saturated rings. The molecule has 8 heteroatoms. The second kappa shape index (κ2) is 6.77. The van der Waals surface area contributed by atoms with Crippen molar-refractivity contribution in [2.75, 3.05) is 20.1 Å². The monoisotopic (exact) mass is 266 g/mol. The molecule has 0 aromatic carbocycles. The Hall–Kier alpha value is -0.860. The quantitative estimate of drug-likeness (QED) is 0.256. The Morgan fingerprint density at radius 3 is 2.41 bits per heavy atom. The third kappa shape index (κ3) is 5.85. The molecular weight excluding hydrogens is 244 g/mol. The van der Waals surface area contributed by atoms with Crippen molar-refractivity contribution >= 4 is 16.0 Å². The van der Waals surface area contributed by atoms with E-state index in [2.05, 4.69) is 9.88 Å². The van der Waals surface area contributed by atoms with E-state index in [1.165, 1.54) is 7.05 Å². The first-order valence-corrected chi connectivity index (χ1v) is 6.83. The summed E-state index contributed by atoms with van der Waals surface area (Å²) in [6.07, 6.45) is 0. The normalized spacial score (nSPS) is 15.5. The second-order valence-electron chi connectivity index (χ2n) is 4.45. The van der Waals surface area contributed by atoms with Crippen LogP contribution in [0.3, 0.4) is 0 Å². The predicted molar refractivity (Wildman–Crippen MR) is 67.0 cm³/mol. The van der Waals surface area contributed by atoms with Crippen molar-refractivity contribution in [2.24, 2.45) is 22.7 Å². The molecule has 0 radical (unpaired) electrons. The molecule has 0 spiro atoms. The lowest BCUT2D eigenvalue weighted by molar-refractivity contribution is 0.312. The van der Waals surface area contributed by atoms with Gasteiger partial charge in [0.2, 0.25) is 0 Å². The van der Waals surface area contributed by atoms with Gasteiger partial charge in [0.15, 0.2) is 0 Å². The molecule has 0 aliphatic carbocycles. The summed E-state index contributed by atoms with van der Waals surface area (Å²) in [6, 6.07) is 0. The number of hydrogen-bond acceptors (Lipinski definition) is 4. The second-order valence-corrected chi connectivity index (χ2v) is 6.32. The first-order chi connectivity index (χ1) is 7.70. The highest BCUT2D eigenvalue weighted by atomic mass is 32.2. The smallest absolute Gasteiger partial charge is 0.279 e. The van der Waals surface area contributed by atoms with E-state index >= 15 is 0 Å². The molecule has 102 valence electrons. The van der Waals surface area contributed by atoms with E-state index in [9.17, 15) is 8.42 Å². The van der Waals surface area contributed by atoms with Crippen LogP contribution in [0.2, 0.25) is 0 Å². The lowest BCUT2D eigenvalue weighted by atomic mass is 10.2. The van der Waals surface area contributed by atoms with Crippen LogP contribution < -0.4 is 10.5 Å². The molecule has 1 atom stereocenters. The molecule has 0 bridgehead atoms. The summed E-state index contributed by atoms with van der Waals surface area (Å²) >= 11 is 0. The Balaban J connectivity index is 4.44. The first kappa shape index (κ1) is 16.1. The highest BCUT2D eigenvalue weighted by Gasteiger charge is 2.21. The summed E-state index contributed by atoms with van der Waals surface area (Å²) in [7, 11) is -2.05. The fraction of sp³-hybridized carbons (Fsp3) is 0.889. The fourth-order valence-electron chi connectivity index (χ4n) is 1.06. The van der Waals surface area contributed by atoms with E-state index in [0.29, 0.717) is 6.54 Å². The Kier molecular flexibility index (Phi) is 6.43. The van der Waals surface area contributed by atoms with Gasteiger partial charge in [-0.05, 0) is 5.92 Å². The third-order valence-corrected chi connectivity index (χ3v) is 3.74. The van der Waals surface area contributed by atoms with Gasteiger partial charge in [-0.3, -0.25) is 0 Å². The highest BCUT2D eigenvalue weighted by molar-refractivity contribution is 7.87. The summed E-state index contributed by atoms with van der Waals surface area (Å²) in [5.41, 5.74) is 5.39. The van der Waals surface area contributed by atoms with Gasteiger partial charge in [-0.1, -0.05) is 25.9 Å². The van der Waals surface area contributed by atoms with Gasteiger partial charge >= 0.3 is 0 Å². The van der Waals surface area contributed by atoms with Crippen LogP contribution in [-0.4, -0.2) is 43.9 Å². The number of nitrogens with zero attached hydrogens (tertiary/aromatic N) is 2. The Labute approximate surface area is 103 Å². The van der Waals surface area contributed by atoms with Gasteiger partial charge in [0, 0.05) is 26.1 Å². The molecule has 4 N–H and O–H groups in total. The lowest BCUT2D eigenvalue weighted by Gasteiger charge is -2.21. The fourth-order valence-corrected chi connectivity index (χ4v) is 2.24. The van der Waals surface area contributed by atoms with E-state index in [4.69, 9.17) is 10.9 Å². The Morgan fingerprint density at radius 1 is 1.47 bits per heavy atom. The van der Waals surface area contributed by atoms with E-state index in [0.717, 1.165) is 4.31 Å². The van der Waals surface area contributed by atoms with E-state index in [1.807, 2.05) is 13.8 Å². The largest absolute Gasteiger partial charge is 0.409 e. The standard InChI is InChI=1S/C9H22N4O3S/c1-7(2)5-11-17(15,16)13(4)6-8(3)9(10)12-14/h7-8,11,14H,5-6H2,1-4H3,(H2,10,12). The molecular formula is C9H22N4O3S. The van der Waals surface area contributed by atoms with Crippen molar-refractivity contribution in [1.82, 2.24) is 9.03 Å². The molecule has 0 heterocycles. The van der Waals surface area contributed by atoms with Gasteiger partial charge in [-0.25, -0.2) is 4.72 Å². The molecule has 0 aromatic heterocycles. The zero-order valence-corrected chi connectivity index (χ0v) is 11.5. The maximum absolute atomic E-state index is 11.8. The molecule has 0 aliphatic heterocycles. The van der Waals surface area contributed by atoms with Crippen LogP contribution >= 0.6 is 0 Å². The van der Waals surface area contributed by atoms with Gasteiger partial charge in [0.1, 0.15) is 5.84 Å². The summed E-state index contributed by atoms with van der Waals surface area (Å²) < 4.78 is 27.1. The van der Waals surface area contributed by atoms with Crippen molar-refractivity contribution in [2.45, 2.75) is 20.8 Å². The minimum atomic E-state index is -3.50. The molecule has 1 unspecified atom stereocenters. The van der Waals surface area contributed by atoms with Gasteiger partial charge in [-0.15, -0.1) is 0 Å². The molecule has 0 aromatic rings. The SMILES string of the molecule is CC(C)CNS(=O)(=O)N(C)CC(C)C(N)=NO. The van der Waals surface area contributed by atoms with E-state index in [-0.39, 0.29) is 24.2 Å². The van der Waals surface area contributed by atoms with Crippen LogP contribution in [0.1, 0.15) is 20.8 Å². The molecule has 0 amide bonds. The number of amidine groups is 1. The molecule has 0 saturated heterocycles. The number of hydrogen-bond donors (Lipinski definition) is 3. The van der Waals surface area contributed by atoms with Gasteiger partial charge in [-0.2, -0.15) is 12.7 Å². The van der Waals surface area contributed by atoms with Crippen molar-refractivity contribution in [3.05, 3.63) is 0 Å². The number of oxime groups is 1. The first-order valence-electron chi connectivity index (χ1n) is 5.39. The van der Waals surface area contributed by atoms with Crippen LogP contribution in [-0.2, 0) is 10.2 Å². The topological polar surface area (TPSA) is 108 Å². The zero-order chi connectivity index (χ0) is 13.6. The minimum Gasteiger partial charge on any atom is -0.409 e. The van der Waals surface area contributed by atoms with Crippen molar-refractivity contribution in [3.8, 4) is 0 Å². The maximum atomic E-state index is 11.8. The van der Waals surface area contributed by atoms with Crippen molar-refractivity contribution in [1.29, 1.82) is 0 Å². The number of nitrogens with two attached hydrogens (primary N) is 1. The molecule has 17 heavy (non-hydrogen) atoms. The Bertz CT molecular complexity index is 353. The number of nitrogens with one attached hydrogen (secondary N) is 1. The van der Waals surface area contributed by atoms with Crippen LogP contribution in [0.15, 0.2) is 5.16 Å². The average Bonchev–Trinajstić information content (AvgIpc) is 2.25. The number of rotatable bonds is 7. The predicted octanol–water partition coefficient (Wildman–Crippen LogP) is -0.209. The third-order valence-electron chi connectivity index (χ3n) is 2.24. The highest BCUT2D eigenvalue weighted by Crippen LogP contribution is 2.03. The lowest BCUT2D eigenvalue weighted by Crippen LogP contribution is -2.43. The van der Waals surface area contributed by atoms with Crippen LogP contribution in [0, 0.1) is 11.8 Å².